The van der Waals surface area contributed by atoms with E-state index in [1.54, 1.807) is 7.11 Å². The van der Waals surface area contributed by atoms with Crippen LogP contribution < -0.4 is 5.32 Å². The topological polar surface area (TPSA) is 34.1 Å². The van der Waals surface area contributed by atoms with E-state index in [0.29, 0.717) is 0 Å². The molecule has 0 spiro atoms. The second kappa shape index (κ2) is 6.33. The first-order valence-corrected chi connectivity index (χ1v) is 5.93. The first-order valence-electron chi connectivity index (χ1n) is 5.93. The highest BCUT2D eigenvalue weighted by Gasteiger charge is 1.96. The summed E-state index contributed by atoms with van der Waals surface area (Å²) < 4.78 is 5.00. The van der Waals surface area contributed by atoms with Crippen molar-refractivity contribution in [2.24, 2.45) is 0 Å². The Morgan fingerprint density at radius 2 is 2.24 bits per heavy atom. The Hall–Kier alpha value is -1.45. The van der Waals surface area contributed by atoms with Gasteiger partial charge in [-0.25, -0.2) is 0 Å². The lowest BCUT2D eigenvalue weighted by atomic mass is 10.1. The van der Waals surface area contributed by atoms with Gasteiger partial charge < -0.3 is 10.1 Å². The van der Waals surface area contributed by atoms with E-state index in [1.807, 2.05) is 12.3 Å². The minimum absolute atomic E-state index is 0.814. The molecular weight excluding hydrogens is 212 g/mol. The van der Waals surface area contributed by atoms with Crippen LogP contribution in [-0.4, -0.2) is 25.2 Å². The van der Waals surface area contributed by atoms with E-state index in [0.717, 1.165) is 31.6 Å². The van der Waals surface area contributed by atoms with Gasteiger partial charge in [0.25, 0.3) is 0 Å². The predicted molar refractivity (Wildman–Crippen MR) is 69.9 cm³/mol. The normalized spacial score (nSPS) is 10.9. The van der Waals surface area contributed by atoms with Crippen molar-refractivity contribution in [3.63, 3.8) is 0 Å². The van der Waals surface area contributed by atoms with Gasteiger partial charge in [-0.05, 0) is 36.7 Å². The van der Waals surface area contributed by atoms with E-state index in [1.165, 1.54) is 10.9 Å². The van der Waals surface area contributed by atoms with Crippen molar-refractivity contribution in [2.45, 2.75) is 13.0 Å². The molecule has 2 rings (SSSR count). The Labute approximate surface area is 102 Å². The second-order valence-corrected chi connectivity index (χ2v) is 4.05. The summed E-state index contributed by atoms with van der Waals surface area (Å²) in [5, 5.41) is 4.60. The number of nitrogens with zero attached hydrogens (tertiary/aromatic N) is 1. The van der Waals surface area contributed by atoms with Crippen LogP contribution in [0, 0.1) is 0 Å². The van der Waals surface area contributed by atoms with Gasteiger partial charge in [-0.1, -0.05) is 12.1 Å². The summed E-state index contributed by atoms with van der Waals surface area (Å²) in [5.74, 6) is 0. The Kier molecular flexibility index (Phi) is 4.47. The number of rotatable bonds is 6. The molecule has 0 atom stereocenters. The van der Waals surface area contributed by atoms with Crippen molar-refractivity contribution in [1.29, 1.82) is 0 Å². The molecule has 0 fully saturated rings. The molecule has 0 radical (unpaired) electrons. The van der Waals surface area contributed by atoms with Crippen molar-refractivity contribution < 1.29 is 4.74 Å². The zero-order valence-corrected chi connectivity index (χ0v) is 10.1. The molecule has 1 N–H and O–H groups in total. The minimum Gasteiger partial charge on any atom is -0.385 e. The van der Waals surface area contributed by atoms with E-state index in [-0.39, 0.29) is 0 Å². The lowest BCUT2D eigenvalue weighted by molar-refractivity contribution is 0.194. The number of hydrogen-bond donors (Lipinski definition) is 1. The molecule has 0 unspecified atom stereocenters. The summed E-state index contributed by atoms with van der Waals surface area (Å²) in [5.41, 5.74) is 2.35. The van der Waals surface area contributed by atoms with E-state index in [2.05, 4.69) is 34.6 Å². The van der Waals surface area contributed by atoms with Crippen molar-refractivity contribution in [3.8, 4) is 0 Å². The summed E-state index contributed by atoms with van der Waals surface area (Å²) in [4.78, 5) is 4.31. The zero-order chi connectivity index (χ0) is 11.9. The summed E-state index contributed by atoms with van der Waals surface area (Å²) in [6, 6.07) is 10.4. The van der Waals surface area contributed by atoms with Crippen molar-refractivity contribution in [3.05, 3.63) is 42.1 Å². The third-order valence-corrected chi connectivity index (χ3v) is 2.70. The minimum atomic E-state index is 0.814. The fourth-order valence-electron chi connectivity index (χ4n) is 1.81. The van der Waals surface area contributed by atoms with E-state index < -0.39 is 0 Å². The molecule has 2 aromatic rings. The van der Waals surface area contributed by atoms with Gasteiger partial charge >= 0.3 is 0 Å². The molecule has 1 heterocycles. The van der Waals surface area contributed by atoms with Crippen LogP contribution in [-0.2, 0) is 11.3 Å². The molecule has 1 aromatic carbocycles. The average Bonchev–Trinajstić information content (AvgIpc) is 2.38. The Balaban J connectivity index is 1.90. The SMILES string of the molecule is COCCCNCc1ccc2ncccc2c1. The lowest BCUT2D eigenvalue weighted by Crippen LogP contribution is -2.16. The highest BCUT2D eigenvalue weighted by Crippen LogP contribution is 2.12. The van der Waals surface area contributed by atoms with E-state index in [9.17, 15) is 0 Å². The maximum atomic E-state index is 5.00. The fourth-order valence-corrected chi connectivity index (χ4v) is 1.81. The smallest absolute Gasteiger partial charge is 0.0702 e. The van der Waals surface area contributed by atoms with Crippen LogP contribution in [0.5, 0.6) is 0 Å². The highest BCUT2D eigenvalue weighted by molar-refractivity contribution is 5.78. The van der Waals surface area contributed by atoms with Gasteiger partial charge in [0.1, 0.15) is 0 Å². The monoisotopic (exact) mass is 230 g/mol. The molecule has 0 aliphatic rings. The molecule has 90 valence electrons. The van der Waals surface area contributed by atoms with Gasteiger partial charge in [0.2, 0.25) is 0 Å². The second-order valence-electron chi connectivity index (χ2n) is 4.05. The van der Waals surface area contributed by atoms with Crippen LogP contribution in [0.3, 0.4) is 0 Å². The molecule has 0 aliphatic heterocycles. The number of hydrogen-bond acceptors (Lipinski definition) is 3. The molecule has 0 aliphatic carbocycles. The van der Waals surface area contributed by atoms with E-state index in [4.69, 9.17) is 4.74 Å². The van der Waals surface area contributed by atoms with Gasteiger partial charge in [0, 0.05) is 31.8 Å². The molecule has 3 heteroatoms. The maximum absolute atomic E-state index is 5.00. The molecule has 0 amide bonds. The van der Waals surface area contributed by atoms with Crippen LogP contribution in [0.15, 0.2) is 36.5 Å². The number of pyridine rings is 1. The number of aromatic nitrogens is 1. The van der Waals surface area contributed by atoms with Crippen molar-refractivity contribution >= 4 is 10.9 Å². The van der Waals surface area contributed by atoms with E-state index >= 15 is 0 Å². The molecule has 0 saturated heterocycles. The van der Waals surface area contributed by atoms with Crippen LogP contribution >= 0.6 is 0 Å². The van der Waals surface area contributed by atoms with Gasteiger partial charge in [0.05, 0.1) is 5.52 Å². The zero-order valence-electron chi connectivity index (χ0n) is 10.1. The first kappa shape index (κ1) is 12.0. The summed E-state index contributed by atoms with van der Waals surface area (Å²) in [7, 11) is 1.73. The first-order chi connectivity index (χ1) is 8.40. The van der Waals surface area contributed by atoms with Crippen molar-refractivity contribution in [1.82, 2.24) is 10.3 Å². The van der Waals surface area contributed by atoms with Gasteiger partial charge in [0.15, 0.2) is 0 Å². The predicted octanol–water partition coefficient (Wildman–Crippen LogP) is 2.36. The summed E-state index contributed by atoms with van der Waals surface area (Å²) in [6.45, 7) is 2.70. The van der Waals surface area contributed by atoms with Gasteiger partial charge in [-0.2, -0.15) is 0 Å². The molecule has 1 aromatic heterocycles. The Morgan fingerprint density at radius 3 is 3.12 bits per heavy atom. The standard InChI is InChI=1S/C14H18N2O/c1-17-9-3-7-15-11-12-5-6-14-13(10-12)4-2-8-16-14/h2,4-6,8,10,15H,3,7,9,11H2,1H3. The Morgan fingerprint density at radius 1 is 1.29 bits per heavy atom. The molecule has 3 nitrogen and oxygen atoms in total. The largest absolute Gasteiger partial charge is 0.385 e. The third-order valence-electron chi connectivity index (χ3n) is 2.70. The van der Waals surface area contributed by atoms with Crippen molar-refractivity contribution in [2.75, 3.05) is 20.3 Å². The number of benzene rings is 1. The van der Waals surface area contributed by atoms with Crippen LogP contribution in [0.2, 0.25) is 0 Å². The van der Waals surface area contributed by atoms with Gasteiger partial charge in [-0.15, -0.1) is 0 Å². The fraction of sp³-hybridized carbons (Fsp3) is 0.357. The molecule has 0 bridgehead atoms. The number of ether oxygens (including phenoxy) is 1. The maximum Gasteiger partial charge on any atom is 0.0702 e. The summed E-state index contributed by atoms with van der Waals surface area (Å²) in [6.07, 6.45) is 2.87. The van der Waals surface area contributed by atoms with Crippen LogP contribution in [0.4, 0.5) is 0 Å². The van der Waals surface area contributed by atoms with Gasteiger partial charge in [-0.3, -0.25) is 4.98 Å². The number of methoxy groups -OCH3 is 1. The third kappa shape index (κ3) is 3.51. The Bertz CT molecular complexity index is 470. The summed E-state index contributed by atoms with van der Waals surface area (Å²) >= 11 is 0. The molecular formula is C14H18N2O. The number of nitrogens with one attached hydrogen (secondary N) is 1. The van der Waals surface area contributed by atoms with Crippen LogP contribution in [0.1, 0.15) is 12.0 Å². The average molecular weight is 230 g/mol. The number of fused-ring (bicyclic) bond motifs is 1. The quantitative estimate of drug-likeness (QED) is 0.774. The lowest BCUT2D eigenvalue weighted by Gasteiger charge is -2.05. The van der Waals surface area contributed by atoms with Crippen LogP contribution in [0.25, 0.3) is 10.9 Å². The highest BCUT2D eigenvalue weighted by atomic mass is 16.5. The molecule has 17 heavy (non-hydrogen) atoms. The molecule has 0 saturated carbocycles.